The zero-order valence-corrected chi connectivity index (χ0v) is 12.1. The molecule has 0 fully saturated rings. The molecule has 114 valence electrons. The second kappa shape index (κ2) is 5.24. The van der Waals surface area contributed by atoms with E-state index in [2.05, 4.69) is 20.3 Å². The number of hydrogen-bond donors (Lipinski definition) is 3. The van der Waals surface area contributed by atoms with E-state index in [9.17, 15) is 9.18 Å². The van der Waals surface area contributed by atoms with Crippen LogP contribution in [-0.4, -0.2) is 15.0 Å². The Balaban J connectivity index is 1.63. The van der Waals surface area contributed by atoms with Gasteiger partial charge in [-0.25, -0.2) is 9.37 Å². The van der Waals surface area contributed by atoms with Crippen molar-refractivity contribution in [2.45, 2.75) is 6.54 Å². The smallest absolute Gasteiger partial charge is 0.253 e. The minimum Gasteiger partial charge on any atom is -0.366 e. The number of hydrogen-bond acceptors (Lipinski definition) is 3. The topological polar surface area (TPSA) is 73.6 Å². The Hall–Kier alpha value is -3.15. The van der Waals surface area contributed by atoms with Gasteiger partial charge in [0, 0.05) is 23.7 Å². The lowest BCUT2D eigenvalue weighted by Gasteiger charge is -2.06. The van der Waals surface area contributed by atoms with Crippen molar-refractivity contribution < 1.29 is 4.39 Å². The molecule has 1 aromatic carbocycles. The fourth-order valence-corrected chi connectivity index (χ4v) is 2.56. The lowest BCUT2D eigenvalue weighted by molar-refractivity contribution is 0.629. The second-order valence-corrected chi connectivity index (χ2v) is 5.32. The van der Waals surface area contributed by atoms with Crippen LogP contribution in [0.3, 0.4) is 0 Å². The van der Waals surface area contributed by atoms with E-state index in [-0.39, 0.29) is 11.4 Å². The first-order valence-corrected chi connectivity index (χ1v) is 7.18. The molecule has 0 amide bonds. The summed E-state index contributed by atoms with van der Waals surface area (Å²) in [6.07, 6.45) is 1.83. The van der Waals surface area contributed by atoms with Crippen LogP contribution in [0.1, 0.15) is 5.56 Å². The van der Waals surface area contributed by atoms with Gasteiger partial charge < -0.3 is 15.3 Å². The normalized spacial score (nSPS) is 11.2. The zero-order valence-electron chi connectivity index (χ0n) is 12.1. The number of halogens is 1. The molecule has 0 saturated carbocycles. The summed E-state index contributed by atoms with van der Waals surface area (Å²) < 4.78 is 13.2. The van der Waals surface area contributed by atoms with Gasteiger partial charge in [-0.1, -0.05) is 0 Å². The molecule has 0 saturated heterocycles. The van der Waals surface area contributed by atoms with E-state index in [1.165, 1.54) is 12.1 Å². The number of H-pyrrole nitrogens is 2. The molecule has 0 radical (unpaired) electrons. The number of nitrogens with zero attached hydrogens (tertiary/aromatic N) is 1. The van der Waals surface area contributed by atoms with Gasteiger partial charge in [0.05, 0.1) is 5.52 Å². The third-order valence-corrected chi connectivity index (χ3v) is 3.75. The van der Waals surface area contributed by atoms with Gasteiger partial charge in [0.25, 0.3) is 5.56 Å². The van der Waals surface area contributed by atoms with Crippen LogP contribution >= 0.6 is 0 Å². The molecule has 3 N–H and O–H groups in total. The summed E-state index contributed by atoms with van der Waals surface area (Å²) in [6.45, 7) is 0.335. The minimum absolute atomic E-state index is 0.239. The van der Waals surface area contributed by atoms with Gasteiger partial charge >= 0.3 is 0 Å². The molecule has 5 nitrogen and oxygen atoms in total. The van der Waals surface area contributed by atoms with Gasteiger partial charge in [-0.15, -0.1) is 0 Å². The Morgan fingerprint density at radius 1 is 1.09 bits per heavy atom. The van der Waals surface area contributed by atoms with Gasteiger partial charge in [-0.05, 0) is 47.9 Å². The first kappa shape index (κ1) is 13.5. The van der Waals surface area contributed by atoms with Crippen molar-refractivity contribution in [3.63, 3.8) is 0 Å². The Morgan fingerprint density at radius 2 is 1.96 bits per heavy atom. The molecule has 0 atom stereocenters. The highest BCUT2D eigenvalue weighted by molar-refractivity contribution is 5.79. The standard InChI is InChI=1S/C17H13FN4O/c18-13-3-1-11-7-12(17(23)21-14(11)8-13)9-20-15-4-2-10-5-6-19-16(10)22-15/h1-8H,9H2,(H,21,23)(H2,19,20,22). The SMILES string of the molecule is O=c1[nH]c2cc(F)ccc2cc1CNc1ccc2cc[nH]c2n1. The summed E-state index contributed by atoms with van der Waals surface area (Å²) in [5.41, 5.74) is 1.61. The fraction of sp³-hybridized carbons (Fsp3) is 0.0588. The zero-order chi connectivity index (χ0) is 15.8. The molecule has 3 aromatic heterocycles. The number of fused-ring (bicyclic) bond motifs is 2. The van der Waals surface area contributed by atoms with Crippen LogP contribution in [0.5, 0.6) is 0 Å². The lowest BCUT2D eigenvalue weighted by Crippen LogP contribution is -2.16. The predicted octanol–water partition coefficient (Wildman–Crippen LogP) is 3.16. The number of benzene rings is 1. The Kier molecular flexibility index (Phi) is 3.08. The van der Waals surface area contributed by atoms with E-state index in [1.807, 2.05) is 24.4 Å². The molecule has 0 aliphatic rings. The first-order valence-electron chi connectivity index (χ1n) is 7.18. The number of aromatic nitrogens is 3. The molecule has 4 rings (SSSR count). The molecule has 23 heavy (non-hydrogen) atoms. The number of aromatic amines is 2. The van der Waals surface area contributed by atoms with Crippen molar-refractivity contribution in [1.29, 1.82) is 0 Å². The first-order chi connectivity index (χ1) is 11.2. The molecular formula is C17H13FN4O. The third kappa shape index (κ3) is 2.55. The lowest BCUT2D eigenvalue weighted by atomic mass is 10.1. The van der Waals surface area contributed by atoms with E-state index in [1.54, 1.807) is 12.1 Å². The maximum atomic E-state index is 13.2. The molecule has 0 bridgehead atoms. The number of nitrogens with one attached hydrogen (secondary N) is 3. The van der Waals surface area contributed by atoms with Gasteiger partial charge in [-0.3, -0.25) is 4.79 Å². The molecule has 6 heteroatoms. The van der Waals surface area contributed by atoms with Crippen molar-refractivity contribution in [2.24, 2.45) is 0 Å². The van der Waals surface area contributed by atoms with E-state index in [0.717, 1.165) is 16.4 Å². The molecule has 4 aromatic rings. The molecule has 0 aliphatic carbocycles. The number of anilines is 1. The van der Waals surface area contributed by atoms with Crippen LogP contribution in [0, 0.1) is 5.82 Å². The largest absolute Gasteiger partial charge is 0.366 e. The van der Waals surface area contributed by atoms with Crippen LogP contribution in [0.25, 0.3) is 21.9 Å². The summed E-state index contributed by atoms with van der Waals surface area (Å²) in [6, 6.07) is 11.9. The van der Waals surface area contributed by atoms with Gasteiger partial charge in [0.1, 0.15) is 17.3 Å². The average Bonchev–Trinajstić information content (AvgIpc) is 3.00. The molecular weight excluding hydrogens is 295 g/mol. The number of pyridine rings is 2. The summed E-state index contributed by atoms with van der Waals surface area (Å²) in [4.78, 5) is 22.3. The second-order valence-electron chi connectivity index (χ2n) is 5.32. The van der Waals surface area contributed by atoms with Crippen LogP contribution in [0.4, 0.5) is 10.2 Å². The Morgan fingerprint density at radius 3 is 2.87 bits per heavy atom. The van der Waals surface area contributed by atoms with Crippen LogP contribution in [-0.2, 0) is 6.54 Å². The molecule has 0 aliphatic heterocycles. The van der Waals surface area contributed by atoms with Crippen LogP contribution in [0.15, 0.2) is 53.5 Å². The van der Waals surface area contributed by atoms with Crippen molar-refractivity contribution in [3.05, 3.63) is 70.4 Å². The quantitative estimate of drug-likeness (QED) is 0.544. The maximum Gasteiger partial charge on any atom is 0.253 e. The molecule has 0 unspecified atom stereocenters. The number of rotatable bonds is 3. The van der Waals surface area contributed by atoms with Crippen molar-refractivity contribution >= 4 is 27.8 Å². The van der Waals surface area contributed by atoms with Crippen molar-refractivity contribution in [2.75, 3.05) is 5.32 Å². The van der Waals surface area contributed by atoms with E-state index in [0.29, 0.717) is 23.4 Å². The Bertz CT molecular complexity index is 1070. The Labute approximate surface area is 130 Å². The third-order valence-electron chi connectivity index (χ3n) is 3.75. The fourth-order valence-electron chi connectivity index (χ4n) is 2.56. The van der Waals surface area contributed by atoms with E-state index in [4.69, 9.17) is 0 Å². The highest BCUT2D eigenvalue weighted by Crippen LogP contribution is 2.15. The maximum absolute atomic E-state index is 13.2. The molecule has 3 heterocycles. The van der Waals surface area contributed by atoms with E-state index >= 15 is 0 Å². The van der Waals surface area contributed by atoms with Gasteiger partial charge in [-0.2, -0.15) is 0 Å². The minimum atomic E-state index is -0.373. The summed E-state index contributed by atoms with van der Waals surface area (Å²) in [7, 11) is 0. The predicted molar refractivity (Wildman–Crippen MR) is 87.9 cm³/mol. The summed E-state index contributed by atoms with van der Waals surface area (Å²) in [5, 5.41) is 4.95. The van der Waals surface area contributed by atoms with Crippen LogP contribution in [0.2, 0.25) is 0 Å². The summed E-state index contributed by atoms with van der Waals surface area (Å²) in [5.74, 6) is 0.307. The van der Waals surface area contributed by atoms with Crippen LogP contribution < -0.4 is 10.9 Å². The van der Waals surface area contributed by atoms with E-state index < -0.39 is 0 Å². The van der Waals surface area contributed by atoms with Gasteiger partial charge in [0.15, 0.2) is 0 Å². The average molecular weight is 308 g/mol. The highest BCUT2D eigenvalue weighted by Gasteiger charge is 2.05. The molecule has 0 spiro atoms. The summed E-state index contributed by atoms with van der Waals surface area (Å²) >= 11 is 0. The van der Waals surface area contributed by atoms with Crippen molar-refractivity contribution in [1.82, 2.24) is 15.0 Å². The monoisotopic (exact) mass is 308 g/mol. The van der Waals surface area contributed by atoms with Gasteiger partial charge in [0.2, 0.25) is 0 Å². The van der Waals surface area contributed by atoms with Crippen molar-refractivity contribution in [3.8, 4) is 0 Å². The highest BCUT2D eigenvalue weighted by atomic mass is 19.1.